The van der Waals surface area contributed by atoms with Gasteiger partial charge in [0.1, 0.15) is 11.4 Å². The molecule has 5 heteroatoms. The van der Waals surface area contributed by atoms with Crippen molar-refractivity contribution in [2.45, 2.75) is 38.8 Å². The fourth-order valence-electron chi connectivity index (χ4n) is 2.28. The molecule has 0 fully saturated rings. The first kappa shape index (κ1) is 15.6. The predicted octanol–water partition coefficient (Wildman–Crippen LogP) is 2.62. The second-order valence-electron chi connectivity index (χ2n) is 6.11. The lowest BCUT2D eigenvalue weighted by Gasteiger charge is -2.27. The fraction of sp³-hybridized carbons (Fsp3) is 0.562. The van der Waals surface area contributed by atoms with Crippen LogP contribution in [0.2, 0.25) is 0 Å². The molecule has 0 bridgehead atoms. The molecule has 1 unspecified atom stereocenters. The molecule has 1 aliphatic heterocycles. The molecule has 0 radical (unpaired) electrons. The molecule has 1 aromatic carbocycles. The Kier molecular flexibility index (Phi) is 5.07. The minimum Gasteiger partial charge on any atom is -0.493 e. The zero-order valence-electron chi connectivity index (χ0n) is 12.9. The van der Waals surface area contributed by atoms with Gasteiger partial charge in [-0.15, -0.1) is 0 Å². The Hall–Kier alpha value is -1.75. The molecule has 1 heterocycles. The van der Waals surface area contributed by atoms with Crippen molar-refractivity contribution in [3.63, 3.8) is 0 Å². The molecule has 1 atom stereocenters. The number of rotatable bonds is 4. The number of hydrogen-bond acceptors (Lipinski definition) is 4. The van der Waals surface area contributed by atoms with Gasteiger partial charge in [0, 0.05) is 31.1 Å². The highest BCUT2D eigenvalue weighted by atomic mass is 16.6. The third kappa shape index (κ3) is 4.93. The summed E-state index contributed by atoms with van der Waals surface area (Å²) in [5.41, 5.74) is 0.720. The zero-order chi connectivity index (χ0) is 15.3. The quantitative estimate of drug-likeness (QED) is 0.838. The number of carbonyl (C=O) groups is 1. The smallest absolute Gasteiger partial charge is 0.407 e. The lowest BCUT2D eigenvalue weighted by atomic mass is 10.0. The third-order valence-corrected chi connectivity index (χ3v) is 3.14. The molecule has 2 rings (SSSR count). The zero-order valence-corrected chi connectivity index (χ0v) is 12.9. The summed E-state index contributed by atoms with van der Waals surface area (Å²) in [6, 6.07) is 8.33. The summed E-state index contributed by atoms with van der Waals surface area (Å²) in [5, 5.41) is 6.19. The van der Waals surface area contributed by atoms with Crippen LogP contribution >= 0.6 is 0 Å². The lowest BCUT2D eigenvalue weighted by Crippen LogP contribution is -2.38. The maximum atomic E-state index is 11.5. The number of ether oxygens (including phenoxy) is 2. The Bertz CT molecular complexity index is 483. The molecular formula is C16H24N2O3. The highest BCUT2D eigenvalue weighted by molar-refractivity contribution is 5.67. The highest BCUT2D eigenvalue weighted by Crippen LogP contribution is 2.31. The van der Waals surface area contributed by atoms with E-state index in [1.165, 1.54) is 5.56 Å². The summed E-state index contributed by atoms with van der Waals surface area (Å²) in [4.78, 5) is 11.5. The van der Waals surface area contributed by atoms with Crippen molar-refractivity contribution in [1.82, 2.24) is 10.6 Å². The molecule has 5 nitrogen and oxygen atoms in total. The van der Waals surface area contributed by atoms with E-state index in [0.717, 1.165) is 12.2 Å². The van der Waals surface area contributed by atoms with Crippen LogP contribution in [0.3, 0.4) is 0 Å². The van der Waals surface area contributed by atoms with Gasteiger partial charge >= 0.3 is 6.09 Å². The minimum absolute atomic E-state index is 0.274. The second kappa shape index (κ2) is 6.80. The largest absolute Gasteiger partial charge is 0.493 e. The summed E-state index contributed by atoms with van der Waals surface area (Å²) in [7, 11) is 0. The average molecular weight is 292 g/mol. The van der Waals surface area contributed by atoms with Crippen molar-refractivity contribution in [3.8, 4) is 5.75 Å². The number of benzene rings is 1. The van der Waals surface area contributed by atoms with Crippen molar-refractivity contribution in [1.29, 1.82) is 0 Å². The second-order valence-corrected chi connectivity index (χ2v) is 6.11. The van der Waals surface area contributed by atoms with E-state index in [4.69, 9.17) is 9.47 Å². The van der Waals surface area contributed by atoms with Crippen molar-refractivity contribution in [3.05, 3.63) is 29.8 Å². The van der Waals surface area contributed by atoms with Crippen molar-refractivity contribution >= 4 is 6.09 Å². The lowest BCUT2D eigenvalue weighted by molar-refractivity contribution is 0.0527. The molecular weight excluding hydrogens is 268 g/mol. The number of alkyl carbamates (subject to hydrolysis) is 1. The number of nitrogens with one attached hydrogen (secondary N) is 2. The van der Waals surface area contributed by atoms with Crippen LogP contribution in [0.1, 0.15) is 38.8 Å². The van der Waals surface area contributed by atoms with Gasteiger partial charge in [-0.25, -0.2) is 4.79 Å². The Balaban J connectivity index is 1.74. The van der Waals surface area contributed by atoms with Gasteiger partial charge in [0.25, 0.3) is 0 Å². The van der Waals surface area contributed by atoms with Gasteiger partial charge in [0.05, 0.1) is 6.61 Å². The van der Waals surface area contributed by atoms with Crippen LogP contribution in [0.5, 0.6) is 5.75 Å². The Labute approximate surface area is 126 Å². The third-order valence-electron chi connectivity index (χ3n) is 3.14. The van der Waals surface area contributed by atoms with Crippen molar-refractivity contribution < 1.29 is 14.3 Å². The molecule has 2 N–H and O–H groups in total. The highest BCUT2D eigenvalue weighted by Gasteiger charge is 2.20. The number of carbonyl (C=O) groups excluding carboxylic acids is 1. The van der Waals surface area contributed by atoms with E-state index in [0.29, 0.717) is 19.7 Å². The fourth-order valence-corrected chi connectivity index (χ4v) is 2.28. The van der Waals surface area contributed by atoms with Gasteiger partial charge in [-0.05, 0) is 26.8 Å². The monoisotopic (exact) mass is 292 g/mol. The van der Waals surface area contributed by atoms with Crippen LogP contribution in [0.15, 0.2) is 24.3 Å². The van der Waals surface area contributed by atoms with Crippen LogP contribution < -0.4 is 15.4 Å². The summed E-state index contributed by atoms with van der Waals surface area (Å²) in [6.07, 6.45) is 0.556. The first-order valence-electron chi connectivity index (χ1n) is 7.38. The first-order valence-corrected chi connectivity index (χ1v) is 7.38. The van der Waals surface area contributed by atoms with Crippen LogP contribution in [0.4, 0.5) is 4.79 Å². The molecule has 1 amide bonds. The molecule has 21 heavy (non-hydrogen) atoms. The van der Waals surface area contributed by atoms with E-state index in [1.807, 2.05) is 39.0 Å². The van der Waals surface area contributed by atoms with Crippen molar-refractivity contribution in [2.24, 2.45) is 0 Å². The van der Waals surface area contributed by atoms with E-state index in [9.17, 15) is 4.79 Å². The van der Waals surface area contributed by atoms with Gasteiger partial charge in [-0.1, -0.05) is 18.2 Å². The van der Waals surface area contributed by atoms with E-state index in [-0.39, 0.29) is 12.1 Å². The molecule has 0 saturated heterocycles. The molecule has 1 aromatic rings. The standard InChI is InChI=1S/C16H24N2O3/c1-16(2,3)21-15(19)18-10-9-17-13-8-11-20-14-7-5-4-6-12(13)14/h4-7,13,17H,8-11H2,1-3H3,(H,18,19). The average Bonchev–Trinajstić information content (AvgIpc) is 2.42. The molecule has 0 spiro atoms. The molecule has 116 valence electrons. The van der Waals surface area contributed by atoms with E-state index >= 15 is 0 Å². The van der Waals surface area contributed by atoms with Crippen LogP contribution in [0, 0.1) is 0 Å². The van der Waals surface area contributed by atoms with E-state index in [2.05, 4.69) is 16.7 Å². The first-order chi connectivity index (χ1) is 9.96. The number of amides is 1. The van der Waals surface area contributed by atoms with Crippen molar-refractivity contribution in [2.75, 3.05) is 19.7 Å². The van der Waals surface area contributed by atoms with Crippen LogP contribution in [-0.2, 0) is 4.74 Å². The molecule has 0 aromatic heterocycles. The van der Waals surface area contributed by atoms with Crippen LogP contribution in [0.25, 0.3) is 0 Å². The number of hydrogen-bond donors (Lipinski definition) is 2. The predicted molar refractivity (Wildman–Crippen MR) is 81.5 cm³/mol. The topological polar surface area (TPSA) is 59.6 Å². The minimum atomic E-state index is -0.461. The Morgan fingerprint density at radius 3 is 2.86 bits per heavy atom. The maximum absolute atomic E-state index is 11.5. The van der Waals surface area contributed by atoms with E-state index < -0.39 is 5.60 Å². The van der Waals surface area contributed by atoms with Gasteiger partial charge in [-0.3, -0.25) is 0 Å². The van der Waals surface area contributed by atoms with Gasteiger partial charge in [0.15, 0.2) is 0 Å². The number of fused-ring (bicyclic) bond motifs is 1. The Morgan fingerprint density at radius 1 is 1.33 bits per heavy atom. The molecule has 1 aliphatic rings. The van der Waals surface area contributed by atoms with Gasteiger partial charge in [0.2, 0.25) is 0 Å². The SMILES string of the molecule is CC(C)(C)OC(=O)NCCNC1CCOc2ccccc21. The van der Waals surface area contributed by atoms with E-state index in [1.54, 1.807) is 0 Å². The number of para-hydroxylation sites is 1. The summed E-state index contributed by atoms with van der Waals surface area (Å²) in [5.74, 6) is 0.946. The summed E-state index contributed by atoms with van der Waals surface area (Å²) >= 11 is 0. The normalized spacial score (nSPS) is 17.6. The maximum Gasteiger partial charge on any atom is 0.407 e. The van der Waals surface area contributed by atoms with Crippen LogP contribution in [-0.4, -0.2) is 31.4 Å². The Morgan fingerprint density at radius 2 is 2.10 bits per heavy atom. The summed E-state index contributed by atoms with van der Waals surface area (Å²) in [6.45, 7) is 7.50. The molecule has 0 aliphatic carbocycles. The molecule has 0 saturated carbocycles. The summed E-state index contributed by atoms with van der Waals surface area (Å²) < 4.78 is 10.8. The van der Waals surface area contributed by atoms with Gasteiger partial charge in [-0.2, -0.15) is 0 Å². The van der Waals surface area contributed by atoms with Gasteiger partial charge < -0.3 is 20.1 Å².